The summed E-state index contributed by atoms with van der Waals surface area (Å²) in [5.41, 5.74) is 3.15. The largest absolute Gasteiger partial charge is 0.444 e. The third-order valence-corrected chi connectivity index (χ3v) is 12.9. The quantitative estimate of drug-likeness (QED) is 0.198. The third-order valence-electron chi connectivity index (χ3n) is 9.44. The van der Waals surface area contributed by atoms with Crippen molar-refractivity contribution in [2.45, 2.75) is 38.4 Å². The zero-order valence-electron chi connectivity index (χ0n) is 25.2. The molecule has 3 aliphatic carbocycles. The van der Waals surface area contributed by atoms with Crippen LogP contribution < -0.4 is 0 Å². The van der Waals surface area contributed by atoms with Crippen LogP contribution in [0, 0.1) is 11.8 Å². The second-order valence-corrected chi connectivity index (χ2v) is 15.3. The fraction of sp³-hybridized carbons (Fsp3) is 0.222. The minimum absolute atomic E-state index is 0.0203. The van der Waals surface area contributed by atoms with E-state index < -0.39 is 12.2 Å². The highest BCUT2D eigenvalue weighted by molar-refractivity contribution is 7.37. The van der Waals surface area contributed by atoms with Crippen LogP contribution in [-0.4, -0.2) is 44.5 Å². The molecule has 0 amide bonds. The summed E-state index contributed by atoms with van der Waals surface area (Å²) in [6, 6.07) is 20.0. The van der Waals surface area contributed by atoms with E-state index in [4.69, 9.17) is 4.74 Å². The van der Waals surface area contributed by atoms with E-state index in [0.717, 1.165) is 50.0 Å². The van der Waals surface area contributed by atoms with Crippen LogP contribution in [0.5, 0.6) is 0 Å². The number of aliphatic hydroxyl groups excluding tert-OH is 1. The van der Waals surface area contributed by atoms with Crippen LogP contribution in [0.1, 0.15) is 53.3 Å². The number of Topliss-reactive ketones (excluding diaryl/α,β-unsaturated/α-hetero) is 3. The summed E-state index contributed by atoms with van der Waals surface area (Å²) in [6.45, 7) is 0.0725. The van der Waals surface area contributed by atoms with Gasteiger partial charge in [0.05, 0.1) is 29.8 Å². The Balaban J connectivity index is 1.15. The number of benzene rings is 2. The number of carbonyl (C=O) groups is 4. The van der Waals surface area contributed by atoms with E-state index in [9.17, 15) is 24.3 Å². The van der Waals surface area contributed by atoms with Gasteiger partial charge in [0, 0.05) is 17.4 Å². The Labute approximate surface area is 284 Å². The first kappa shape index (κ1) is 29.5. The molecule has 9 rings (SSSR count). The lowest BCUT2D eigenvalue weighted by Crippen LogP contribution is -2.21. The Morgan fingerprint density at radius 2 is 1.52 bits per heavy atom. The summed E-state index contributed by atoms with van der Waals surface area (Å²) in [6.07, 6.45) is 1.64. The predicted octanol–water partition coefficient (Wildman–Crippen LogP) is 8.35. The summed E-state index contributed by atoms with van der Waals surface area (Å²) in [5, 5.41) is 11.9. The highest BCUT2D eigenvalue weighted by Gasteiger charge is 2.47. The highest BCUT2D eigenvalue weighted by atomic mass is 32.1. The molecular weight excluding hydrogens is 667 g/mol. The molecule has 1 N–H and O–H groups in total. The molecule has 2 fully saturated rings. The van der Waals surface area contributed by atoms with Gasteiger partial charge in [-0.3, -0.25) is 14.4 Å². The normalized spacial score (nSPS) is 21.6. The number of ketones is 3. The van der Waals surface area contributed by atoms with Gasteiger partial charge in [-0.2, -0.15) is 0 Å². The average molecular weight is 692 g/mol. The van der Waals surface area contributed by atoms with Gasteiger partial charge < -0.3 is 9.84 Å². The Morgan fingerprint density at radius 1 is 0.833 bits per heavy atom. The number of hydrogen-bond acceptors (Lipinski definition) is 11. The van der Waals surface area contributed by atoms with Gasteiger partial charge in [0.1, 0.15) is 28.4 Å². The molecule has 0 spiro atoms. The predicted molar refractivity (Wildman–Crippen MR) is 188 cm³/mol. The topological polar surface area (TPSA) is 127 Å². The molecular formula is C36H25N3O6S3. The summed E-state index contributed by atoms with van der Waals surface area (Å²) >= 11 is 4.14. The third kappa shape index (κ3) is 4.51. The van der Waals surface area contributed by atoms with Crippen molar-refractivity contribution in [2.75, 3.05) is 0 Å². The van der Waals surface area contributed by atoms with Crippen LogP contribution in [0.15, 0.2) is 76.7 Å². The number of aliphatic hydroxyl groups is 1. The summed E-state index contributed by atoms with van der Waals surface area (Å²) < 4.78 is 10.7. The first-order chi connectivity index (χ1) is 23.4. The number of aromatic nitrogens is 1. The first-order valence-corrected chi connectivity index (χ1v) is 18.1. The van der Waals surface area contributed by atoms with Gasteiger partial charge in [-0.05, 0) is 36.1 Å². The molecule has 4 heterocycles. The van der Waals surface area contributed by atoms with E-state index in [2.05, 4.69) is 9.98 Å². The molecule has 3 atom stereocenters. The fourth-order valence-electron chi connectivity index (χ4n) is 7.16. The number of aliphatic imine (C=N–C) groups is 2. The fourth-order valence-corrected chi connectivity index (χ4v) is 10.8. The van der Waals surface area contributed by atoms with Crippen LogP contribution in [0.3, 0.4) is 0 Å². The van der Waals surface area contributed by atoms with Crippen molar-refractivity contribution >= 4 is 109 Å². The lowest BCUT2D eigenvalue weighted by Gasteiger charge is -2.20. The molecule has 238 valence electrons. The van der Waals surface area contributed by atoms with Crippen molar-refractivity contribution in [1.82, 2.24) is 4.57 Å². The summed E-state index contributed by atoms with van der Waals surface area (Å²) in [5.74, 6) is -1.19. The zero-order chi connectivity index (χ0) is 32.7. The number of fused-ring (bicyclic) bond motifs is 7. The van der Waals surface area contributed by atoms with E-state index >= 15 is 0 Å². The molecule has 48 heavy (non-hydrogen) atoms. The number of rotatable bonds is 4. The van der Waals surface area contributed by atoms with Crippen molar-refractivity contribution in [3.8, 4) is 0 Å². The number of ether oxygens (including phenoxy) is 1. The number of carbonyl (C=O) groups excluding carboxylic acids is 4. The van der Waals surface area contributed by atoms with Crippen molar-refractivity contribution < 1.29 is 29.0 Å². The monoisotopic (exact) mass is 691 g/mol. The van der Waals surface area contributed by atoms with Crippen molar-refractivity contribution in [3.05, 3.63) is 83.4 Å². The summed E-state index contributed by atoms with van der Waals surface area (Å²) in [4.78, 5) is 62.5. The van der Waals surface area contributed by atoms with E-state index in [0.29, 0.717) is 32.2 Å². The molecule has 3 unspecified atom stereocenters. The first-order valence-electron chi connectivity index (χ1n) is 15.7. The molecule has 9 nitrogen and oxygen atoms in total. The average Bonchev–Trinajstić information content (AvgIpc) is 3.92. The molecule has 0 radical (unpaired) electrons. The molecule has 4 aromatic heterocycles. The number of nitrogens with zero attached hydrogens (tertiary/aromatic N) is 3. The Morgan fingerprint density at radius 3 is 2.27 bits per heavy atom. The van der Waals surface area contributed by atoms with Crippen molar-refractivity contribution in [3.63, 3.8) is 0 Å². The maximum atomic E-state index is 13.9. The van der Waals surface area contributed by atoms with Crippen LogP contribution in [-0.2, 0) is 20.9 Å². The standard InChI is InChI=1S/C36H25N3O6S3/c40-29-18-10-4-5-11-19(18)30(41)26(29)37-24-14-22-33(47-24)35-28(39(22)36(44)45-16-17-8-2-1-3-9-17)34-23(46-35)15-25(48-34)38-27-31(42)20-12-6-7-13-21(20)32(27)43/h1-3,6-9,12-15,18-19,31,42H,4-5,10-11,16H2. The Bertz CT molecular complexity index is 2400. The molecule has 0 bridgehead atoms. The molecule has 0 aliphatic heterocycles. The number of hydrogen-bond donors (Lipinski definition) is 1. The highest BCUT2D eigenvalue weighted by Crippen LogP contribution is 2.50. The Kier molecular flexibility index (Phi) is 6.91. The van der Waals surface area contributed by atoms with E-state index in [1.165, 1.54) is 38.6 Å². The molecule has 3 aliphatic rings. The molecule has 12 heteroatoms. The van der Waals surface area contributed by atoms with Gasteiger partial charge in [0.25, 0.3) is 0 Å². The molecule has 0 saturated heterocycles. The van der Waals surface area contributed by atoms with Crippen molar-refractivity contribution in [2.24, 2.45) is 21.8 Å². The number of thiophene rings is 3. The van der Waals surface area contributed by atoms with Crippen LogP contribution >= 0.6 is 34.0 Å². The van der Waals surface area contributed by atoms with Crippen LogP contribution in [0.2, 0.25) is 0 Å². The minimum Gasteiger partial charge on any atom is -0.444 e. The van der Waals surface area contributed by atoms with Crippen molar-refractivity contribution in [1.29, 1.82) is 0 Å². The van der Waals surface area contributed by atoms with Gasteiger partial charge in [-0.15, -0.1) is 34.0 Å². The van der Waals surface area contributed by atoms with E-state index in [-0.39, 0.29) is 47.2 Å². The van der Waals surface area contributed by atoms with E-state index in [1.807, 2.05) is 36.4 Å². The maximum Gasteiger partial charge on any atom is 0.419 e. The van der Waals surface area contributed by atoms with E-state index in [1.54, 1.807) is 30.3 Å². The smallest absolute Gasteiger partial charge is 0.419 e. The molecule has 2 saturated carbocycles. The van der Waals surface area contributed by atoms with Gasteiger partial charge in [-0.1, -0.05) is 67.4 Å². The summed E-state index contributed by atoms with van der Waals surface area (Å²) in [7, 11) is 0. The molecule has 6 aromatic rings. The van der Waals surface area contributed by atoms with Gasteiger partial charge in [-0.25, -0.2) is 19.3 Å². The van der Waals surface area contributed by atoms with Crippen LogP contribution in [0.4, 0.5) is 14.8 Å². The molecule has 2 aromatic carbocycles. The minimum atomic E-state index is -1.11. The maximum absolute atomic E-state index is 13.9. The second kappa shape index (κ2) is 11.2. The van der Waals surface area contributed by atoms with Gasteiger partial charge in [0.15, 0.2) is 17.3 Å². The lowest BCUT2D eigenvalue weighted by atomic mass is 9.81. The van der Waals surface area contributed by atoms with Crippen LogP contribution in [0.25, 0.3) is 29.8 Å². The Hall–Kier alpha value is -4.62. The lowest BCUT2D eigenvalue weighted by molar-refractivity contribution is -0.120. The van der Waals surface area contributed by atoms with Gasteiger partial charge in [0.2, 0.25) is 5.78 Å². The second-order valence-electron chi connectivity index (χ2n) is 12.2. The van der Waals surface area contributed by atoms with Gasteiger partial charge >= 0.3 is 6.09 Å². The zero-order valence-corrected chi connectivity index (χ0v) is 27.6. The SMILES string of the molecule is O=C1C(=Nc2cc3sc4c5sc(N=C6C(=O)C7CCCCC7C6=O)cc5n(C(=O)OCc5ccccc5)c4c3s2)C(O)c2ccccc21.